The molecule has 0 saturated heterocycles. The number of hydrogen-bond donors (Lipinski definition) is 0. The summed E-state index contributed by atoms with van der Waals surface area (Å²) < 4.78 is 38.9. The van der Waals surface area contributed by atoms with Gasteiger partial charge in [0.25, 0.3) is 0 Å². The minimum Gasteiger partial charge on any atom is -0.293 e. The Labute approximate surface area is 121 Å². The highest BCUT2D eigenvalue weighted by atomic mass is 35.5. The molecule has 20 heavy (non-hydrogen) atoms. The minimum atomic E-state index is -1.71. The Hall–Kier alpha value is -1.59. The molecule has 0 fully saturated rings. The number of benzene rings is 2. The van der Waals surface area contributed by atoms with Crippen LogP contribution in [0, 0.1) is 11.6 Å². The molecule has 2 aromatic rings. The van der Waals surface area contributed by atoms with Crippen LogP contribution < -0.4 is 0 Å². The van der Waals surface area contributed by atoms with E-state index in [1.165, 1.54) is 12.1 Å². The SMILES string of the molecule is O=C(CS(=O)c1cccc(Cl)c1)c1c(F)cccc1F. The molecule has 0 aliphatic heterocycles. The Morgan fingerprint density at radius 2 is 1.70 bits per heavy atom. The van der Waals surface area contributed by atoms with E-state index < -0.39 is 39.5 Å². The van der Waals surface area contributed by atoms with E-state index >= 15 is 0 Å². The fourth-order valence-corrected chi connectivity index (χ4v) is 2.94. The van der Waals surface area contributed by atoms with Gasteiger partial charge in [-0.15, -0.1) is 0 Å². The van der Waals surface area contributed by atoms with Gasteiger partial charge in [0.1, 0.15) is 11.6 Å². The molecule has 0 spiro atoms. The molecule has 0 amide bonds. The third-order valence-electron chi connectivity index (χ3n) is 2.56. The van der Waals surface area contributed by atoms with Gasteiger partial charge in [-0.1, -0.05) is 23.7 Å². The number of carbonyl (C=O) groups excluding carboxylic acids is 1. The summed E-state index contributed by atoms with van der Waals surface area (Å²) in [6, 6.07) is 9.30. The summed E-state index contributed by atoms with van der Waals surface area (Å²) in [5.41, 5.74) is -0.664. The summed E-state index contributed by atoms with van der Waals surface area (Å²) in [7, 11) is -1.71. The van der Waals surface area contributed by atoms with Crippen molar-refractivity contribution in [2.75, 3.05) is 5.75 Å². The Balaban J connectivity index is 2.22. The van der Waals surface area contributed by atoms with Crippen molar-refractivity contribution in [2.24, 2.45) is 0 Å². The van der Waals surface area contributed by atoms with Gasteiger partial charge in [-0.05, 0) is 30.3 Å². The van der Waals surface area contributed by atoms with Crippen LogP contribution in [0.25, 0.3) is 0 Å². The topological polar surface area (TPSA) is 34.1 Å². The zero-order valence-electron chi connectivity index (χ0n) is 10.1. The number of ketones is 1. The van der Waals surface area contributed by atoms with Crippen LogP contribution in [0.5, 0.6) is 0 Å². The van der Waals surface area contributed by atoms with Crippen LogP contribution in [0.3, 0.4) is 0 Å². The highest BCUT2D eigenvalue weighted by Gasteiger charge is 2.19. The molecule has 1 unspecified atom stereocenters. The monoisotopic (exact) mass is 314 g/mol. The van der Waals surface area contributed by atoms with E-state index in [1.54, 1.807) is 12.1 Å². The molecule has 0 N–H and O–H groups in total. The van der Waals surface area contributed by atoms with Gasteiger partial charge in [0, 0.05) is 9.92 Å². The van der Waals surface area contributed by atoms with E-state index in [9.17, 15) is 17.8 Å². The van der Waals surface area contributed by atoms with Crippen LogP contribution in [0.4, 0.5) is 8.78 Å². The number of halogens is 3. The van der Waals surface area contributed by atoms with Gasteiger partial charge in [0.2, 0.25) is 0 Å². The molecule has 0 saturated carbocycles. The molecule has 0 bridgehead atoms. The van der Waals surface area contributed by atoms with Crippen molar-refractivity contribution >= 4 is 28.2 Å². The second kappa shape index (κ2) is 6.24. The van der Waals surface area contributed by atoms with E-state index in [-0.39, 0.29) is 0 Å². The number of Topliss-reactive ketones (excluding diaryl/α,β-unsaturated/α-hetero) is 1. The lowest BCUT2D eigenvalue weighted by molar-refractivity contribution is 0.101. The van der Waals surface area contributed by atoms with Crippen LogP contribution in [0.15, 0.2) is 47.4 Å². The molecular weight excluding hydrogens is 306 g/mol. The van der Waals surface area contributed by atoms with Crippen LogP contribution in [0.2, 0.25) is 5.02 Å². The van der Waals surface area contributed by atoms with Gasteiger partial charge in [-0.3, -0.25) is 9.00 Å². The van der Waals surface area contributed by atoms with Crippen LogP contribution in [-0.4, -0.2) is 15.7 Å². The largest absolute Gasteiger partial charge is 0.293 e. The molecule has 2 aromatic carbocycles. The fraction of sp³-hybridized carbons (Fsp3) is 0.0714. The Kier molecular flexibility index (Phi) is 4.62. The van der Waals surface area contributed by atoms with E-state index in [0.717, 1.165) is 18.2 Å². The number of carbonyl (C=O) groups is 1. The van der Waals surface area contributed by atoms with E-state index in [2.05, 4.69) is 0 Å². The molecular formula is C14H9ClF2O2S. The summed E-state index contributed by atoms with van der Waals surface area (Å²) >= 11 is 5.75. The van der Waals surface area contributed by atoms with Gasteiger partial charge in [0.15, 0.2) is 5.78 Å². The number of rotatable bonds is 4. The molecule has 0 aromatic heterocycles. The second-order valence-electron chi connectivity index (χ2n) is 3.97. The normalized spacial score (nSPS) is 12.2. The average molecular weight is 315 g/mol. The second-order valence-corrected chi connectivity index (χ2v) is 5.85. The van der Waals surface area contributed by atoms with Crippen LogP contribution in [-0.2, 0) is 10.8 Å². The van der Waals surface area contributed by atoms with Gasteiger partial charge in [0.05, 0.1) is 22.1 Å². The molecule has 2 rings (SSSR count). The molecule has 6 heteroatoms. The summed E-state index contributed by atoms with van der Waals surface area (Å²) in [5, 5.41) is 0.375. The summed E-state index contributed by atoms with van der Waals surface area (Å²) in [5.74, 6) is -3.27. The van der Waals surface area contributed by atoms with Crippen molar-refractivity contribution in [1.29, 1.82) is 0 Å². The lowest BCUT2D eigenvalue weighted by atomic mass is 10.1. The maximum Gasteiger partial charge on any atom is 0.181 e. The zero-order valence-corrected chi connectivity index (χ0v) is 11.7. The lowest BCUT2D eigenvalue weighted by Gasteiger charge is -2.05. The van der Waals surface area contributed by atoms with Crippen molar-refractivity contribution < 1.29 is 17.8 Å². The molecule has 2 nitrogen and oxygen atoms in total. The van der Waals surface area contributed by atoms with Crippen molar-refractivity contribution in [3.8, 4) is 0 Å². The first-order valence-electron chi connectivity index (χ1n) is 5.60. The lowest BCUT2D eigenvalue weighted by Crippen LogP contribution is -2.14. The first-order valence-corrected chi connectivity index (χ1v) is 7.30. The minimum absolute atomic E-state index is 0.336. The zero-order chi connectivity index (χ0) is 14.7. The van der Waals surface area contributed by atoms with Gasteiger partial charge < -0.3 is 0 Å². The van der Waals surface area contributed by atoms with Crippen molar-refractivity contribution in [3.63, 3.8) is 0 Å². The summed E-state index contributed by atoms with van der Waals surface area (Å²) in [6.45, 7) is 0. The standard InChI is InChI=1S/C14H9ClF2O2S/c15-9-3-1-4-10(7-9)20(19)8-13(18)14-11(16)5-2-6-12(14)17/h1-7H,8H2. The van der Waals surface area contributed by atoms with Gasteiger partial charge in [-0.2, -0.15) is 0 Å². The first kappa shape index (κ1) is 14.8. The van der Waals surface area contributed by atoms with Gasteiger partial charge in [-0.25, -0.2) is 8.78 Å². The Morgan fingerprint density at radius 1 is 1.10 bits per heavy atom. The molecule has 104 valence electrons. The highest BCUT2D eigenvalue weighted by molar-refractivity contribution is 7.85. The molecule has 0 aliphatic rings. The van der Waals surface area contributed by atoms with Crippen molar-refractivity contribution in [2.45, 2.75) is 4.90 Å². The van der Waals surface area contributed by atoms with E-state index in [4.69, 9.17) is 11.6 Å². The predicted octanol–water partition coefficient (Wildman–Crippen LogP) is 3.61. The smallest absolute Gasteiger partial charge is 0.181 e. The third kappa shape index (κ3) is 3.29. The summed E-state index contributed by atoms with van der Waals surface area (Å²) in [6.07, 6.45) is 0. The molecule has 0 heterocycles. The van der Waals surface area contributed by atoms with Crippen molar-refractivity contribution in [1.82, 2.24) is 0 Å². The van der Waals surface area contributed by atoms with E-state index in [1.807, 2.05) is 0 Å². The van der Waals surface area contributed by atoms with Crippen LogP contribution >= 0.6 is 11.6 Å². The Morgan fingerprint density at radius 3 is 2.30 bits per heavy atom. The highest BCUT2D eigenvalue weighted by Crippen LogP contribution is 2.17. The Bertz CT molecular complexity index is 668. The predicted molar refractivity (Wildman–Crippen MR) is 73.4 cm³/mol. The maximum atomic E-state index is 13.4. The van der Waals surface area contributed by atoms with Crippen LogP contribution in [0.1, 0.15) is 10.4 Å². The fourth-order valence-electron chi connectivity index (χ4n) is 1.65. The third-order valence-corrected chi connectivity index (χ3v) is 4.10. The number of hydrogen-bond acceptors (Lipinski definition) is 2. The quantitative estimate of drug-likeness (QED) is 0.808. The maximum absolute atomic E-state index is 13.4. The van der Waals surface area contributed by atoms with E-state index in [0.29, 0.717) is 9.92 Å². The molecule has 1 atom stereocenters. The van der Waals surface area contributed by atoms with Gasteiger partial charge >= 0.3 is 0 Å². The first-order chi connectivity index (χ1) is 9.49. The molecule has 0 aliphatic carbocycles. The van der Waals surface area contributed by atoms with Crippen molar-refractivity contribution in [3.05, 3.63) is 64.7 Å². The molecule has 0 radical (unpaired) electrons. The summed E-state index contributed by atoms with van der Waals surface area (Å²) in [4.78, 5) is 12.2. The average Bonchev–Trinajstić information content (AvgIpc) is 2.38.